The summed E-state index contributed by atoms with van der Waals surface area (Å²) in [4.78, 5) is 7.58. The second kappa shape index (κ2) is 14.5. The van der Waals surface area contributed by atoms with Gasteiger partial charge < -0.3 is 14.7 Å². The highest BCUT2D eigenvalue weighted by atomic mass is 32.1. The fourth-order valence-electron chi connectivity index (χ4n) is 10.2. The Bertz CT molecular complexity index is 3390. The van der Waals surface area contributed by atoms with Crippen LogP contribution in [0.1, 0.15) is 52.7 Å². The molecule has 4 heterocycles. The maximum absolute atomic E-state index is 2.59. The number of nitrogens with zero attached hydrogens (tertiary/aromatic N) is 3. The van der Waals surface area contributed by atoms with Gasteiger partial charge in [-0.05, 0) is 118 Å². The number of para-hydroxylation sites is 2. The zero-order chi connectivity index (χ0) is 43.5. The second-order valence-electron chi connectivity index (χ2n) is 19.4. The van der Waals surface area contributed by atoms with Gasteiger partial charge in [0.05, 0.1) is 16.1 Å². The molecule has 12 rings (SSSR count). The normalized spacial score (nSPS) is 13.4. The standard InChI is InChI=1S/C58H48BN3S2/c1-57(2,3)37-27-30-41(31-28-37)61-47-23-16-24-48-53(47)59(56-54(61)45-35-38(58(4,5)6)29-34-52(45)64-56)46-33-32-42(60(39-17-9-7-10-18-39)40-19-11-8-12-20-40)36-50(46)62(48)49-25-15-22-44-43-21-13-14-26-51(43)63-55(44)49/h7-36H,1-6H3. The maximum Gasteiger partial charge on any atom is 0.264 e. The third-order valence-corrected chi connectivity index (χ3v) is 15.8. The van der Waals surface area contributed by atoms with Gasteiger partial charge in [0.15, 0.2) is 0 Å². The molecule has 0 spiro atoms. The molecule has 8 aromatic carbocycles. The van der Waals surface area contributed by atoms with Gasteiger partial charge in [0.2, 0.25) is 0 Å². The number of hydrogen-bond donors (Lipinski definition) is 0. The Morgan fingerprint density at radius 3 is 1.73 bits per heavy atom. The summed E-state index contributed by atoms with van der Waals surface area (Å²) < 4.78 is 5.30. The molecular weight excluding hydrogens is 814 g/mol. The van der Waals surface area contributed by atoms with E-state index in [2.05, 4.69) is 238 Å². The van der Waals surface area contributed by atoms with Gasteiger partial charge in [0, 0.05) is 70.1 Å². The molecule has 2 aromatic heterocycles. The highest BCUT2D eigenvalue weighted by molar-refractivity contribution is 7.33. The average Bonchev–Trinajstić information content (AvgIpc) is 3.88. The number of hydrogen-bond acceptors (Lipinski definition) is 5. The molecular formula is C58H48BN3S2. The first-order valence-electron chi connectivity index (χ1n) is 22.4. The number of rotatable bonds is 5. The Labute approximate surface area is 384 Å². The summed E-state index contributed by atoms with van der Waals surface area (Å²) in [5, 5.41) is 3.91. The SMILES string of the molecule is CC(C)(C)c1ccc(N2c3cccc4c3B(c3ccc(N(c5ccccc5)c5ccccc5)cc3N4c3cccc4c3sc3ccccc34)c3sc4ccc(C(C)(C)C)cc4c32)cc1. The van der Waals surface area contributed by atoms with E-state index in [1.807, 2.05) is 22.7 Å². The maximum atomic E-state index is 2.59. The predicted molar refractivity (Wildman–Crippen MR) is 281 cm³/mol. The third-order valence-electron chi connectivity index (χ3n) is 13.3. The third kappa shape index (κ3) is 6.07. The van der Waals surface area contributed by atoms with Gasteiger partial charge in [-0.1, -0.05) is 139 Å². The van der Waals surface area contributed by atoms with Crippen molar-refractivity contribution in [3.05, 3.63) is 193 Å². The minimum atomic E-state index is 0.00722. The van der Waals surface area contributed by atoms with E-state index in [9.17, 15) is 0 Å². The first-order valence-corrected chi connectivity index (χ1v) is 24.0. The molecule has 6 heteroatoms. The van der Waals surface area contributed by atoms with Crippen molar-refractivity contribution in [3.8, 4) is 0 Å². The van der Waals surface area contributed by atoms with Crippen molar-refractivity contribution in [2.75, 3.05) is 14.7 Å². The van der Waals surface area contributed by atoms with E-state index in [1.165, 1.54) is 91.2 Å². The summed E-state index contributed by atoms with van der Waals surface area (Å²) in [6, 6.07) is 68.2. The zero-order valence-corrected chi connectivity index (χ0v) is 38.7. The monoisotopic (exact) mass is 861 g/mol. The van der Waals surface area contributed by atoms with Crippen molar-refractivity contribution < 1.29 is 0 Å². The number of anilines is 9. The molecule has 310 valence electrons. The lowest BCUT2D eigenvalue weighted by molar-refractivity contribution is 0.590. The lowest BCUT2D eigenvalue weighted by Gasteiger charge is -2.43. The van der Waals surface area contributed by atoms with Gasteiger partial charge in [-0.25, -0.2) is 0 Å². The number of benzene rings is 8. The van der Waals surface area contributed by atoms with E-state index >= 15 is 0 Å². The minimum Gasteiger partial charge on any atom is -0.310 e. The summed E-state index contributed by atoms with van der Waals surface area (Å²) in [6.07, 6.45) is 0. The lowest BCUT2D eigenvalue weighted by atomic mass is 9.36. The van der Waals surface area contributed by atoms with Crippen LogP contribution in [0.5, 0.6) is 0 Å². The van der Waals surface area contributed by atoms with Crippen LogP contribution in [0.15, 0.2) is 182 Å². The van der Waals surface area contributed by atoms with E-state index in [1.54, 1.807) is 0 Å². The fraction of sp³-hybridized carbons (Fsp3) is 0.138. The van der Waals surface area contributed by atoms with Gasteiger partial charge in [-0.3, -0.25) is 0 Å². The molecule has 2 aliphatic rings. The van der Waals surface area contributed by atoms with Crippen LogP contribution in [0.4, 0.5) is 51.2 Å². The van der Waals surface area contributed by atoms with Crippen molar-refractivity contribution in [1.82, 2.24) is 0 Å². The van der Waals surface area contributed by atoms with Crippen molar-refractivity contribution in [3.63, 3.8) is 0 Å². The minimum absolute atomic E-state index is 0.00722. The van der Waals surface area contributed by atoms with Crippen molar-refractivity contribution in [2.24, 2.45) is 0 Å². The van der Waals surface area contributed by atoms with Crippen LogP contribution < -0.4 is 30.4 Å². The Morgan fingerprint density at radius 1 is 0.438 bits per heavy atom. The van der Waals surface area contributed by atoms with Crippen LogP contribution in [0.25, 0.3) is 30.3 Å². The van der Waals surface area contributed by atoms with Gasteiger partial charge >= 0.3 is 0 Å². The first kappa shape index (κ1) is 39.0. The lowest BCUT2D eigenvalue weighted by Crippen LogP contribution is -2.60. The molecule has 0 aliphatic carbocycles. The van der Waals surface area contributed by atoms with Gasteiger partial charge in [-0.2, -0.15) is 0 Å². The van der Waals surface area contributed by atoms with Crippen LogP contribution in [0.2, 0.25) is 0 Å². The summed E-state index contributed by atoms with van der Waals surface area (Å²) >= 11 is 3.86. The molecule has 2 aliphatic heterocycles. The molecule has 0 radical (unpaired) electrons. The van der Waals surface area contributed by atoms with Gasteiger partial charge in [0.25, 0.3) is 6.71 Å². The van der Waals surface area contributed by atoms with Crippen LogP contribution in [0.3, 0.4) is 0 Å². The van der Waals surface area contributed by atoms with E-state index in [4.69, 9.17) is 0 Å². The molecule has 0 saturated carbocycles. The Hall–Kier alpha value is -6.60. The van der Waals surface area contributed by atoms with E-state index in [0.29, 0.717) is 0 Å². The molecule has 10 aromatic rings. The van der Waals surface area contributed by atoms with Crippen LogP contribution in [-0.4, -0.2) is 6.71 Å². The molecule has 0 bridgehead atoms. The largest absolute Gasteiger partial charge is 0.310 e. The Morgan fingerprint density at radius 2 is 1.03 bits per heavy atom. The topological polar surface area (TPSA) is 9.72 Å². The fourth-order valence-corrected chi connectivity index (χ4v) is 12.7. The van der Waals surface area contributed by atoms with Crippen LogP contribution in [-0.2, 0) is 10.8 Å². The second-order valence-corrected chi connectivity index (χ2v) is 21.5. The number of fused-ring (bicyclic) bond motifs is 9. The summed E-state index contributed by atoms with van der Waals surface area (Å²) in [6.45, 7) is 13.9. The predicted octanol–water partition coefficient (Wildman–Crippen LogP) is 15.4. The van der Waals surface area contributed by atoms with Crippen molar-refractivity contribution in [1.29, 1.82) is 0 Å². The summed E-state index contributed by atoms with van der Waals surface area (Å²) in [5.74, 6) is 0. The van der Waals surface area contributed by atoms with Gasteiger partial charge in [-0.15, -0.1) is 22.7 Å². The summed E-state index contributed by atoms with van der Waals surface area (Å²) in [5.41, 5.74) is 16.1. The van der Waals surface area contributed by atoms with E-state index in [-0.39, 0.29) is 17.5 Å². The molecule has 0 atom stereocenters. The van der Waals surface area contributed by atoms with Crippen molar-refractivity contribution in [2.45, 2.75) is 52.4 Å². The smallest absolute Gasteiger partial charge is 0.264 e. The molecule has 3 nitrogen and oxygen atoms in total. The van der Waals surface area contributed by atoms with E-state index in [0.717, 1.165) is 17.1 Å². The van der Waals surface area contributed by atoms with Crippen LogP contribution in [0, 0.1) is 0 Å². The molecule has 0 fully saturated rings. The van der Waals surface area contributed by atoms with E-state index < -0.39 is 0 Å². The molecule has 0 N–H and O–H groups in total. The molecule has 0 saturated heterocycles. The Balaban J connectivity index is 1.17. The average molecular weight is 862 g/mol. The Kier molecular flexibility index (Phi) is 8.82. The first-order chi connectivity index (χ1) is 31.0. The molecule has 0 unspecified atom stereocenters. The van der Waals surface area contributed by atoms with Crippen molar-refractivity contribution >= 4 is 127 Å². The highest BCUT2D eigenvalue weighted by Gasteiger charge is 2.45. The summed E-state index contributed by atoms with van der Waals surface area (Å²) in [7, 11) is 0. The van der Waals surface area contributed by atoms with Crippen LogP contribution >= 0.6 is 22.7 Å². The highest BCUT2D eigenvalue weighted by Crippen LogP contribution is 2.51. The number of thiophene rings is 2. The molecule has 0 amide bonds. The zero-order valence-electron chi connectivity index (χ0n) is 37.1. The molecule has 64 heavy (non-hydrogen) atoms. The quantitative estimate of drug-likeness (QED) is 0.160. The van der Waals surface area contributed by atoms with Gasteiger partial charge in [0.1, 0.15) is 0 Å².